The van der Waals surface area contributed by atoms with Crippen LogP contribution in [0.3, 0.4) is 0 Å². The number of hydrogen-bond donors (Lipinski definition) is 1. The maximum absolute atomic E-state index is 12.2. The lowest BCUT2D eigenvalue weighted by Crippen LogP contribution is -2.35. The minimum absolute atomic E-state index is 0.0119. The molecule has 0 saturated heterocycles. The minimum atomic E-state index is -0.0119. The molecule has 136 valence electrons. The molecule has 3 aromatic rings. The first kappa shape index (κ1) is 18.6. The Kier molecular flexibility index (Phi) is 6.14. The number of benzene rings is 2. The van der Waals surface area contributed by atoms with Gasteiger partial charge in [0.15, 0.2) is 0 Å². The monoisotopic (exact) mass is 358 g/mol. The van der Waals surface area contributed by atoms with Crippen molar-refractivity contribution in [2.45, 2.75) is 13.0 Å². The van der Waals surface area contributed by atoms with Gasteiger partial charge < -0.3 is 5.32 Å². The van der Waals surface area contributed by atoms with Gasteiger partial charge in [-0.1, -0.05) is 36.4 Å². The number of nitrogens with one attached hydrogen (secondary N) is 1. The van der Waals surface area contributed by atoms with Crippen molar-refractivity contribution >= 4 is 16.8 Å². The van der Waals surface area contributed by atoms with Gasteiger partial charge in [-0.05, 0) is 42.8 Å². The number of carbonyl (C=O) groups is 1. The van der Waals surface area contributed by atoms with Crippen molar-refractivity contribution in [2.24, 2.45) is 0 Å². The molecule has 0 unspecified atom stereocenters. The van der Waals surface area contributed by atoms with Crippen LogP contribution in [0, 0.1) is 11.3 Å². The summed E-state index contributed by atoms with van der Waals surface area (Å²) in [7, 11) is 1.90. The van der Waals surface area contributed by atoms with Crippen LogP contribution >= 0.6 is 0 Å². The molecule has 0 saturated carbocycles. The minimum Gasteiger partial charge on any atom is -0.355 e. The largest absolute Gasteiger partial charge is 0.355 e. The van der Waals surface area contributed by atoms with Gasteiger partial charge in [-0.2, -0.15) is 5.26 Å². The fourth-order valence-electron chi connectivity index (χ4n) is 3.11. The summed E-state index contributed by atoms with van der Waals surface area (Å²) in [4.78, 5) is 18.6. The molecular formula is C22H22N4O. The Morgan fingerprint density at radius 1 is 1.19 bits per heavy atom. The van der Waals surface area contributed by atoms with Crippen LogP contribution in [0.5, 0.6) is 0 Å². The summed E-state index contributed by atoms with van der Waals surface area (Å²) in [5.74, 6) is -0.0119. The molecule has 5 nitrogen and oxygen atoms in total. The van der Waals surface area contributed by atoms with Gasteiger partial charge in [0.05, 0.1) is 23.7 Å². The molecule has 1 amide bonds. The number of para-hydroxylation sites is 1. The van der Waals surface area contributed by atoms with E-state index in [4.69, 9.17) is 5.26 Å². The number of aromatic nitrogens is 1. The quantitative estimate of drug-likeness (QED) is 0.705. The average Bonchev–Trinajstić information content (AvgIpc) is 2.68. The van der Waals surface area contributed by atoms with Gasteiger partial charge in [0, 0.05) is 24.7 Å². The molecule has 0 aliphatic rings. The Balaban J connectivity index is 1.48. The first-order valence-corrected chi connectivity index (χ1v) is 8.92. The van der Waals surface area contributed by atoms with E-state index in [0.717, 1.165) is 28.5 Å². The Morgan fingerprint density at radius 2 is 2.00 bits per heavy atom. The van der Waals surface area contributed by atoms with Crippen LogP contribution in [0.2, 0.25) is 0 Å². The number of amides is 1. The van der Waals surface area contributed by atoms with Gasteiger partial charge in [0.25, 0.3) is 0 Å². The lowest BCUT2D eigenvalue weighted by atomic mass is 10.1. The summed E-state index contributed by atoms with van der Waals surface area (Å²) in [6.45, 7) is 1.51. The highest BCUT2D eigenvalue weighted by Crippen LogP contribution is 2.16. The van der Waals surface area contributed by atoms with E-state index >= 15 is 0 Å². The summed E-state index contributed by atoms with van der Waals surface area (Å²) in [5.41, 5.74) is 3.78. The predicted molar refractivity (Wildman–Crippen MR) is 106 cm³/mol. The van der Waals surface area contributed by atoms with E-state index in [0.29, 0.717) is 25.2 Å². The molecular weight excluding hydrogens is 336 g/mol. The second-order valence-corrected chi connectivity index (χ2v) is 6.58. The zero-order chi connectivity index (χ0) is 19.1. The van der Waals surface area contributed by atoms with Crippen molar-refractivity contribution in [2.75, 3.05) is 20.1 Å². The molecule has 0 aliphatic heterocycles. The van der Waals surface area contributed by atoms with E-state index in [1.54, 1.807) is 12.3 Å². The maximum atomic E-state index is 12.2. The van der Waals surface area contributed by atoms with E-state index in [2.05, 4.69) is 22.4 Å². The molecule has 0 radical (unpaired) electrons. The highest BCUT2D eigenvalue weighted by atomic mass is 16.2. The van der Waals surface area contributed by atoms with Crippen LogP contribution in [0.4, 0.5) is 0 Å². The number of likely N-dealkylation sites (N-methyl/N-ethyl adjacent to an activating group) is 1. The van der Waals surface area contributed by atoms with Gasteiger partial charge in [0.2, 0.25) is 5.91 Å². The van der Waals surface area contributed by atoms with Gasteiger partial charge in [-0.25, -0.2) is 0 Å². The zero-order valence-corrected chi connectivity index (χ0v) is 15.4. The van der Waals surface area contributed by atoms with Gasteiger partial charge in [0.1, 0.15) is 0 Å². The molecule has 5 heteroatoms. The molecule has 0 atom stereocenters. The third-order valence-corrected chi connectivity index (χ3v) is 4.35. The van der Waals surface area contributed by atoms with Crippen LogP contribution in [0.25, 0.3) is 10.9 Å². The van der Waals surface area contributed by atoms with E-state index in [9.17, 15) is 4.79 Å². The number of nitrogens with zero attached hydrogens (tertiary/aromatic N) is 3. The van der Waals surface area contributed by atoms with Crippen LogP contribution in [-0.2, 0) is 17.8 Å². The standard InChI is InChI=1S/C22H22N4O/c1-26(15-18-6-2-5-17(13-18)14-23)16-21(27)24-12-10-20-8-3-7-19-9-4-11-25-22(19)20/h2-9,11,13H,10,12,15-16H2,1H3,(H,24,27). The van der Waals surface area contributed by atoms with Crippen molar-refractivity contribution in [3.05, 3.63) is 77.5 Å². The Hall–Kier alpha value is -3.23. The first-order chi connectivity index (χ1) is 13.2. The van der Waals surface area contributed by atoms with Gasteiger partial charge in [-0.15, -0.1) is 0 Å². The fraction of sp³-hybridized carbons (Fsp3) is 0.227. The lowest BCUT2D eigenvalue weighted by Gasteiger charge is -2.16. The van der Waals surface area contributed by atoms with Crippen molar-refractivity contribution < 1.29 is 4.79 Å². The molecule has 0 aliphatic carbocycles. The molecule has 1 heterocycles. The van der Waals surface area contributed by atoms with Crippen LogP contribution in [0.15, 0.2) is 60.8 Å². The second kappa shape index (κ2) is 8.93. The average molecular weight is 358 g/mol. The third-order valence-electron chi connectivity index (χ3n) is 4.35. The van der Waals surface area contributed by atoms with Crippen LogP contribution in [0.1, 0.15) is 16.7 Å². The summed E-state index contributed by atoms with van der Waals surface area (Å²) in [6.07, 6.45) is 2.54. The molecule has 3 rings (SSSR count). The summed E-state index contributed by atoms with van der Waals surface area (Å²) in [6, 6.07) is 19.7. The lowest BCUT2D eigenvalue weighted by molar-refractivity contribution is -0.122. The summed E-state index contributed by atoms with van der Waals surface area (Å²) >= 11 is 0. The number of rotatable bonds is 7. The molecule has 0 bridgehead atoms. The number of nitriles is 1. The van der Waals surface area contributed by atoms with E-state index < -0.39 is 0 Å². The van der Waals surface area contributed by atoms with Crippen molar-refractivity contribution in [1.82, 2.24) is 15.2 Å². The van der Waals surface area contributed by atoms with E-state index in [1.165, 1.54) is 0 Å². The number of carbonyl (C=O) groups excluding carboxylic acids is 1. The summed E-state index contributed by atoms with van der Waals surface area (Å²) < 4.78 is 0. The molecule has 27 heavy (non-hydrogen) atoms. The van der Waals surface area contributed by atoms with Crippen LogP contribution in [-0.4, -0.2) is 35.9 Å². The smallest absolute Gasteiger partial charge is 0.234 e. The third kappa shape index (κ3) is 5.13. The van der Waals surface area contributed by atoms with Crippen molar-refractivity contribution in [3.63, 3.8) is 0 Å². The highest BCUT2D eigenvalue weighted by Gasteiger charge is 2.08. The Labute approximate surface area is 159 Å². The van der Waals surface area contributed by atoms with E-state index in [1.807, 2.05) is 54.4 Å². The molecule has 1 N–H and O–H groups in total. The Bertz CT molecular complexity index is 972. The molecule has 2 aromatic carbocycles. The zero-order valence-electron chi connectivity index (χ0n) is 15.4. The molecule has 0 spiro atoms. The second-order valence-electron chi connectivity index (χ2n) is 6.58. The van der Waals surface area contributed by atoms with E-state index in [-0.39, 0.29) is 5.91 Å². The first-order valence-electron chi connectivity index (χ1n) is 8.92. The normalized spacial score (nSPS) is 10.7. The Morgan fingerprint density at radius 3 is 2.85 bits per heavy atom. The SMILES string of the molecule is CN(CC(=O)NCCc1cccc2cccnc12)Cc1cccc(C#N)c1. The van der Waals surface area contributed by atoms with Crippen LogP contribution < -0.4 is 5.32 Å². The number of hydrogen-bond acceptors (Lipinski definition) is 4. The summed E-state index contributed by atoms with van der Waals surface area (Å²) in [5, 5.41) is 13.1. The number of pyridine rings is 1. The van der Waals surface area contributed by atoms with Crippen molar-refractivity contribution in [3.8, 4) is 6.07 Å². The molecule has 1 aromatic heterocycles. The van der Waals surface area contributed by atoms with Crippen molar-refractivity contribution in [1.29, 1.82) is 5.26 Å². The maximum Gasteiger partial charge on any atom is 0.234 e. The number of fused-ring (bicyclic) bond motifs is 1. The fourth-order valence-corrected chi connectivity index (χ4v) is 3.11. The molecule has 0 fully saturated rings. The van der Waals surface area contributed by atoms with Gasteiger partial charge in [-0.3, -0.25) is 14.7 Å². The predicted octanol–water partition coefficient (Wildman–Crippen LogP) is 2.90. The van der Waals surface area contributed by atoms with Gasteiger partial charge >= 0.3 is 0 Å². The highest BCUT2D eigenvalue weighted by molar-refractivity contribution is 5.81. The topological polar surface area (TPSA) is 69.0 Å².